The highest BCUT2D eigenvalue weighted by Crippen LogP contribution is 2.44. The number of nitrogens with one attached hydrogen (secondary N) is 1. The number of carbonyl (C=O) groups is 2. The first kappa shape index (κ1) is 23.3. The van der Waals surface area contributed by atoms with Crippen LogP contribution in [0.3, 0.4) is 0 Å². The fourth-order valence-electron chi connectivity index (χ4n) is 5.22. The summed E-state index contributed by atoms with van der Waals surface area (Å²) >= 11 is 0. The summed E-state index contributed by atoms with van der Waals surface area (Å²) in [4.78, 5) is 28.3. The molecule has 0 bridgehead atoms. The first-order valence-corrected chi connectivity index (χ1v) is 12.1. The lowest BCUT2D eigenvalue weighted by Crippen LogP contribution is -2.36. The number of nitrogens with zero attached hydrogens (tertiary/aromatic N) is 2. The summed E-state index contributed by atoms with van der Waals surface area (Å²) < 4.78 is 5.64. The second kappa shape index (κ2) is 10.8. The number of unbranched alkanes of at least 4 members (excludes halogenated alkanes) is 2. The van der Waals surface area contributed by atoms with Gasteiger partial charge in [-0.25, -0.2) is 4.79 Å². The Hall–Kier alpha value is -2.86. The maximum Gasteiger partial charge on any atom is 0.414 e. The van der Waals surface area contributed by atoms with Gasteiger partial charge in [0.25, 0.3) is 5.91 Å². The van der Waals surface area contributed by atoms with Crippen LogP contribution in [0.15, 0.2) is 48.5 Å². The molecule has 33 heavy (non-hydrogen) atoms. The maximum atomic E-state index is 12.1. The molecule has 6 heteroatoms. The predicted molar refractivity (Wildman–Crippen MR) is 130 cm³/mol. The maximum absolute atomic E-state index is 12.1. The quantitative estimate of drug-likeness (QED) is 0.605. The van der Waals surface area contributed by atoms with Crippen molar-refractivity contribution in [2.24, 2.45) is 0 Å². The van der Waals surface area contributed by atoms with E-state index in [4.69, 9.17) is 4.74 Å². The number of fused-ring (bicyclic) bond motifs is 3. The SMILES string of the molecule is CN(C)C(=O)Oc1cccc2c1CCC1C2CCN1CCCCCNC(=O)c1ccccc1. The van der Waals surface area contributed by atoms with Gasteiger partial charge in [-0.05, 0) is 74.5 Å². The van der Waals surface area contributed by atoms with Crippen molar-refractivity contribution >= 4 is 12.0 Å². The molecule has 1 heterocycles. The summed E-state index contributed by atoms with van der Waals surface area (Å²) in [5.74, 6) is 1.26. The molecule has 0 spiro atoms. The van der Waals surface area contributed by atoms with Crippen molar-refractivity contribution in [2.75, 3.05) is 33.7 Å². The minimum atomic E-state index is -0.321. The first-order valence-electron chi connectivity index (χ1n) is 12.1. The zero-order valence-corrected chi connectivity index (χ0v) is 19.8. The van der Waals surface area contributed by atoms with Gasteiger partial charge in [-0.1, -0.05) is 36.8 Å². The lowest BCUT2D eigenvalue weighted by Gasteiger charge is -2.34. The Bertz CT molecular complexity index is 960. The van der Waals surface area contributed by atoms with Crippen LogP contribution < -0.4 is 10.1 Å². The van der Waals surface area contributed by atoms with E-state index < -0.39 is 0 Å². The van der Waals surface area contributed by atoms with E-state index in [2.05, 4.69) is 16.3 Å². The predicted octanol–water partition coefficient (Wildman–Crippen LogP) is 4.45. The molecule has 2 aliphatic rings. The van der Waals surface area contributed by atoms with Gasteiger partial charge < -0.3 is 15.0 Å². The number of likely N-dealkylation sites (tertiary alicyclic amines) is 1. The van der Waals surface area contributed by atoms with Crippen molar-refractivity contribution in [2.45, 2.75) is 50.5 Å². The van der Waals surface area contributed by atoms with Gasteiger partial charge >= 0.3 is 6.09 Å². The van der Waals surface area contributed by atoms with Crippen molar-refractivity contribution in [3.63, 3.8) is 0 Å². The van der Waals surface area contributed by atoms with E-state index in [1.807, 2.05) is 42.5 Å². The minimum absolute atomic E-state index is 0.00878. The molecule has 1 N–H and O–H groups in total. The van der Waals surface area contributed by atoms with Crippen LogP contribution in [0.4, 0.5) is 4.79 Å². The molecule has 2 aromatic rings. The van der Waals surface area contributed by atoms with Gasteiger partial charge in [0, 0.05) is 38.2 Å². The fourth-order valence-corrected chi connectivity index (χ4v) is 5.22. The van der Waals surface area contributed by atoms with E-state index in [0.29, 0.717) is 12.0 Å². The molecule has 4 rings (SSSR count). The number of ether oxygens (including phenoxy) is 1. The molecule has 1 aliphatic heterocycles. The standard InChI is InChI=1S/C27H35N3O3/c1-29(2)27(32)33-25-13-9-12-21-22-16-19-30(24(22)15-14-23(21)25)18-8-4-7-17-28-26(31)20-10-5-3-6-11-20/h3,5-6,9-13,22,24H,4,7-8,14-19H2,1-2H3,(H,28,31). The highest BCUT2D eigenvalue weighted by molar-refractivity contribution is 5.94. The lowest BCUT2D eigenvalue weighted by atomic mass is 9.79. The van der Waals surface area contributed by atoms with Gasteiger partial charge in [-0.3, -0.25) is 9.69 Å². The van der Waals surface area contributed by atoms with Crippen LogP contribution in [0.5, 0.6) is 5.75 Å². The van der Waals surface area contributed by atoms with Crippen LogP contribution in [-0.4, -0.2) is 61.6 Å². The zero-order valence-electron chi connectivity index (χ0n) is 19.8. The van der Waals surface area contributed by atoms with Gasteiger partial charge in [0.2, 0.25) is 0 Å². The summed E-state index contributed by atoms with van der Waals surface area (Å²) in [6, 6.07) is 16.1. The molecule has 6 nitrogen and oxygen atoms in total. The normalized spacial score (nSPS) is 19.5. The number of rotatable bonds is 8. The number of amides is 2. The summed E-state index contributed by atoms with van der Waals surface area (Å²) in [5.41, 5.74) is 3.30. The van der Waals surface area contributed by atoms with Crippen LogP contribution in [0.1, 0.15) is 59.5 Å². The monoisotopic (exact) mass is 449 g/mol. The Morgan fingerprint density at radius 3 is 2.64 bits per heavy atom. The number of benzene rings is 2. The van der Waals surface area contributed by atoms with Crippen LogP contribution in [0.25, 0.3) is 0 Å². The number of carbonyl (C=O) groups excluding carboxylic acids is 2. The van der Waals surface area contributed by atoms with E-state index >= 15 is 0 Å². The lowest BCUT2D eigenvalue weighted by molar-refractivity contribution is 0.0952. The molecule has 0 aromatic heterocycles. The molecule has 2 unspecified atom stereocenters. The summed E-state index contributed by atoms with van der Waals surface area (Å²) in [7, 11) is 3.42. The highest BCUT2D eigenvalue weighted by atomic mass is 16.6. The highest BCUT2D eigenvalue weighted by Gasteiger charge is 2.39. The molecule has 1 aliphatic carbocycles. The van der Waals surface area contributed by atoms with Crippen molar-refractivity contribution < 1.29 is 14.3 Å². The third kappa shape index (κ3) is 5.56. The Kier molecular flexibility index (Phi) is 7.65. The van der Waals surface area contributed by atoms with Gasteiger partial charge in [-0.2, -0.15) is 0 Å². The zero-order chi connectivity index (χ0) is 23.2. The average molecular weight is 450 g/mol. The second-order valence-electron chi connectivity index (χ2n) is 9.31. The molecule has 1 saturated heterocycles. The average Bonchev–Trinajstić information content (AvgIpc) is 3.25. The van der Waals surface area contributed by atoms with E-state index in [9.17, 15) is 9.59 Å². The smallest absolute Gasteiger partial charge is 0.410 e. The van der Waals surface area contributed by atoms with Crippen molar-refractivity contribution in [3.05, 3.63) is 65.2 Å². The molecule has 0 saturated carbocycles. The third-order valence-electron chi connectivity index (χ3n) is 6.93. The molecule has 2 amide bonds. The number of hydrogen-bond acceptors (Lipinski definition) is 4. The topological polar surface area (TPSA) is 61.9 Å². The van der Waals surface area contributed by atoms with Crippen molar-refractivity contribution in [3.8, 4) is 5.75 Å². The summed E-state index contributed by atoms with van der Waals surface area (Å²) in [6.45, 7) is 2.96. The van der Waals surface area contributed by atoms with Gasteiger partial charge in [0.05, 0.1) is 0 Å². The molecule has 2 atom stereocenters. The number of hydrogen-bond donors (Lipinski definition) is 1. The first-order chi connectivity index (χ1) is 16.0. The fraction of sp³-hybridized carbons (Fsp3) is 0.481. The van der Waals surface area contributed by atoms with Crippen LogP contribution >= 0.6 is 0 Å². The minimum Gasteiger partial charge on any atom is -0.410 e. The van der Waals surface area contributed by atoms with Gasteiger partial charge in [0.15, 0.2) is 0 Å². The largest absolute Gasteiger partial charge is 0.414 e. The van der Waals surface area contributed by atoms with E-state index in [-0.39, 0.29) is 12.0 Å². The Morgan fingerprint density at radius 2 is 1.85 bits per heavy atom. The summed E-state index contributed by atoms with van der Waals surface area (Å²) in [6.07, 6.45) is 6.18. The van der Waals surface area contributed by atoms with E-state index in [1.165, 1.54) is 16.0 Å². The van der Waals surface area contributed by atoms with Crippen LogP contribution in [0.2, 0.25) is 0 Å². The van der Waals surface area contributed by atoms with E-state index in [1.54, 1.807) is 14.1 Å². The molecular formula is C27H35N3O3. The van der Waals surface area contributed by atoms with Crippen molar-refractivity contribution in [1.29, 1.82) is 0 Å². The summed E-state index contributed by atoms with van der Waals surface area (Å²) in [5, 5.41) is 3.02. The Labute approximate surface area is 196 Å². The van der Waals surface area contributed by atoms with Crippen LogP contribution in [0, 0.1) is 0 Å². The molecule has 2 aromatic carbocycles. The third-order valence-corrected chi connectivity index (χ3v) is 6.93. The Morgan fingerprint density at radius 1 is 1.03 bits per heavy atom. The molecule has 0 radical (unpaired) electrons. The Balaban J connectivity index is 1.23. The van der Waals surface area contributed by atoms with Gasteiger partial charge in [0.1, 0.15) is 5.75 Å². The molecule has 1 fully saturated rings. The molecular weight excluding hydrogens is 414 g/mol. The molecule has 176 valence electrons. The van der Waals surface area contributed by atoms with E-state index in [0.717, 1.165) is 69.5 Å². The van der Waals surface area contributed by atoms with Gasteiger partial charge in [-0.15, -0.1) is 0 Å². The van der Waals surface area contributed by atoms with Crippen molar-refractivity contribution in [1.82, 2.24) is 15.1 Å². The second-order valence-corrected chi connectivity index (χ2v) is 9.31. The van der Waals surface area contributed by atoms with Crippen LogP contribution in [-0.2, 0) is 6.42 Å².